The van der Waals surface area contributed by atoms with Crippen molar-refractivity contribution in [2.24, 2.45) is 0 Å². The first kappa shape index (κ1) is 19.7. The Morgan fingerprint density at radius 3 is 2.21 bits per heavy atom. The molecule has 0 aromatic heterocycles. The van der Waals surface area contributed by atoms with Crippen molar-refractivity contribution in [3.05, 3.63) is 99.7 Å². The van der Waals surface area contributed by atoms with E-state index in [0.29, 0.717) is 21.2 Å². The summed E-state index contributed by atoms with van der Waals surface area (Å²) in [7, 11) is 0. The summed E-state index contributed by atoms with van der Waals surface area (Å²) in [6, 6.07) is 20.8. The third-order valence-corrected chi connectivity index (χ3v) is 4.67. The van der Waals surface area contributed by atoms with E-state index in [-0.39, 0.29) is 5.70 Å². The lowest BCUT2D eigenvalue weighted by atomic mass is 10.0. The average molecular weight is 412 g/mol. The Labute approximate surface area is 172 Å². The van der Waals surface area contributed by atoms with Crippen molar-refractivity contribution in [2.75, 3.05) is 0 Å². The SMILES string of the molecule is O=C(O)/C(=C/c1cc(-c2ccccc2Cl)ccc1Cl)NC(=O)c1ccccc1. The fourth-order valence-electron chi connectivity index (χ4n) is 2.61. The molecule has 0 unspecified atom stereocenters. The summed E-state index contributed by atoms with van der Waals surface area (Å²) in [5.41, 5.74) is 2.09. The minimum Gasteiger partial charge on any atom is -0.477 e. The third kappa shape index (κ3) is 4.60. The van der Waals surface area contributed by atoms with Gasteiger partial charge in [0.2, 0.25) is 0 Å². The lowest BCUT2D eigenvalue weighted by Crippen LogP contribution is -2.27. The third-order valence-electron chi connectivity index (χ3n) is 4.00. The summed E-state index contributed by atoms with van der Waals surface area (Å²) >= 11 is 12.5. The van der Waals surface area contributed by atoms with Crippen LogP contribution in [0.2, 0.25) is 10.0 Å². The van der Waals surface area contributed by atoms with E-state index in [4.69, 9.17) is 23.2 Å². The number of hydrogen-bond donors (Lipinski definition) is 2. The first-order valence-electron chi connectivity index (χ1n) is 8.31. The standard InChI is InChI=1S/C22H15Cl2NO3/c23-18-11-10-15(17-8-4-5-9-19(17)24)12-16(18)13-20(22(27)28)25-21(26)14-6-2-1-3-7-14/h1-13H,(H,25,26)(H,27,28)/b20-13-. The Morgan fingerprint density at radius 2 is 1.54 bits per heavy atom. The molecule has 0 aliphatic rings. The highest BCUT2D eigenvalue weighted by Crippen LogP contribution is 2.31. The fraction of sp³-hybridized carbons (Fsp3) is 0. The number of hydrogen-bond acceptors (Lipinski definition) is 2. The molecule has 0 saturated carbocycles. The van der Waals surface area contributed by atoms with E-state index in [2.05, 4.69) is 5.32 Å². The fourth-order valence-corrected chi connectivity index (χ4v) is 3.02. The maximum atomic E-state index is 12.3. The van der Waals surface area contributed by atoms with Crippen LogP contribution in [0.1, 0.15) is 15.9 Å². The molecule has 0 bridgehead atoms. The Bertz CT molecular complexity index is 1060. The van der Waals surface area contributed by atoms with Gasteiger partial charge in [-0.15, -0.1) is 0 Å². The molecular formula is C22H15Cl2NO3. The zero-order valence-corrected chi connectivity index (χ0v) is 16.0. The number of carboxylic acids is 1. The molecule has 0 aliphatic carbocycles. The molecule has 1 amide bonds. The van der Waals surface area contributed by atoms with Gasteiger partial charge in [0.25, 0.3) is 5.91 Å². The number of halogens is 2. The van der Waals surface area contributed by atoms with Crippen LogP contribution in [-0.4, -0.2) is 17.0 Å². The van der Waals surface area contributed by atoms with Gasteiger partial charge in [0.1, 0.15) is 5.70 Å². The van der Waals surface area contributed by atoms with E-state index in [1.54, 1.807) is 54.6 Å². The molecule has 0 spiro atoms. The van der Waals surface area contributed by atoms with Crippen LogP contribution < -0.4 is 5.32 Å². The zero-order chi connectivity index (χ0) is 20.1. The Balaban J connectivity index is 1.97. The molecule has 0 heterocycles. The molecule has 140 valence electrons. The lowest BCUT2D eigenvalue weighted by molar-refractivity contribution is -0.132. The minimum atomic E-state index is -1.27. The highest BCUT2D eigenvalue weighted by Gasteiger charge is 2.14. The van der Waals surface area contributed by atoms with Crippen molar-refractivity contribution in [3.8, 4) is 11.1 Å². The van der Waals surface area contributed by atoms with Crippen LogP contribution in [0.4, 0.5) is 0 Å². The van der Waals surface area contributed by atoms with Crippen LogP contribution in [0.5, 0.6) is 0 Å². The molecule has 6 heteroatoms. The molecule has 28 heavy (non-hydrogen) atoms. The van der Waals surface area contributed by atoms with Crippen molar-refractivity contribution in [3.63, 3.8) is 0 Å². The minimum absolute atomic E-state index is 0.285. The van der Waals surface area contributed by atoms with Crippen LogP contribution in [0.25, 0.3) is 17.2 Å². The smallest absolute Gasteiger partial charge is 0.352 e. The normalized spacial score (nSPS) is 11.1. The number of nitrogens with one attached hydrogen (secondary N) is 1. The van der Waals surface area contributed by atoms with Gasteiger partial charge in [-0.3, -0.25) is 4.79 Å². The molecule has 0 saturated heterocycles. The maximum absolute atomic E-state index is 12.3. The molecule has 0 radical (unpaired) electrons. The van der Waals surface area contributed by atoms with E-state index in [9.17, 15) is 14.7 Å². The monoisotopic (exact) mass is 411 g/mol. The highest BCUT2D eigenvalue weighted by atomic mass is 35.5. The van der Waals surface area contributed by atoms with Gasteiger partial charge in [-0.1, -0.05) is 65.7 Å². The molecule has 4 nitrogen and oxygen atoms in total. The van der Waals surface area contributed by atoms with Gasteiger partial charge in [0, 0.05) is 21.2 Å². The van der Waals surface area contributed by atoms with Crippen LogP contribution in [0, 0.1) is 0 Å². The predicted molar refractivity (Wildman–Crippen MR) is 111 cm³/mol. The van der Waals surface area contributed by atoms with Crippen LogP contribution in [-0.2, 0) is 4.79 Å². The van der Waals surface area contributed by atoms with E-state index in [1.165, 1.54) is 6.08 Å². The number of benzene rings is 3. The summed E-state index contributed by atoms with van der Waals surface area (Å²) in [5.74, 6) is -1.80. The van der Waals surface area contributed by atoms with Crippen LogP contribution >= 0.6 is 23.2 Å². The summed E-state index contributed by atoms with van der Waals surface area (Å²) in [5, 5.41) is 12.8. The highest BCUT2D eigenvalue weighted by molar-refractivity contribution is 6.34. The first-order valence-corrected chi connectivity index (χ1v) is 9.07. The van der Waals surface area contributed by atoms with E-state index < -0.39 is 11.9 Å². The van der Waals surface area contributed by atoms with E-state index in [0.717, 1.165) is 11.1 Å². The number of carbonyl (C=O) groups is 2. The molecular weight excluding hydrogens is 397 g/mol. The van der Waals surface area contributed by atoms with Crippen molar-refractivity contribution < 1.29 is 14.7 Å². The molecule has 3 aromatic carbocycles. The molecule has 3 rings (SSSR count). The summed E-state index contributed by atoms with van der Waals surface area (Å²) in [6.45, 7) is 0. The van der Waals surface area contributed by atoms with Gasteiger partial charge in [0.15, 0.2) is 0 Å². The van der Waals surface area contributed by atoms with Gasteiger partial charge in [0.05, 0.1) is 0 Å². The van der Waals surface area contributed by atoms with Crippen molar-refractivity contribution in [1.29, 1.82) is 0 Å². The molecule has 0 aliphatic heterocycles. The summed E-state index contributed by atoms with van der Waals surface area (Å²) in [4.78, 5) is 23.9. The van der Waals surface area contributed by atoms with Crippen LogP contribution in [0.15, 0.2) is 78.5 Å². The van der Waals surface area contributed by atoms with Gasteiger partial charge < -0.3 is 10.4 Å². The predicted octanol–water partition coefficient (Wildman–Crippen LogP) is 5.52. The van der Waals surface area contributed by atoms with Crippen molar-refractivity contribution in [2.45, 2.75) is 0 Å². The summed E-state index contributed by atoms with van der Waals surface area (Å²) < 4.78 is 0. The molecule has 3 aromatic rings. The largest absolute Gasteiger partial charge is 0.477 e. The number of carboxylic acid groups (broad SMARTS) is 1. The first-order chi connectivity index (χ1) is 13.5. The van der Waals surface area contributed by atoms with Gasteiger partial charge in [-0.2, -0.15) is 0 Å². The topological polar surface area (TPSA) is 66.4 Å². The van der Waals surface area contributed by atoms with Crippen LogP contribution in [0.3, 0.4) is 0 Å². The zero-order valence-electron chi connectivity index (χ0n) is 14.5. The number of carbonyl (C=O) groups excluding carboxylic acids is 1. The van der Waals surface area contributed by atoms with Gasteiger partial charge in [-0.05, 0) is 47.5 Å². The molecule has 0 atom stereocenters. The van der Waals surface area contributed by atoms with E-state index in [1.807, 2.05) is 18.2 Å². The molecule has 2 N–H and O–H groups in total. The quantitative estimate of drug-likeness (QED) is 0.543. The average Bonchev–Trinajstić information content (AvgIpc) is 2.70. The number of rotatable bonds is 5. The van der Waals surface area contributed by atoms with Crippen molar-refractivity contribution in [1.82, 2.24) is 5.32 Å². The Kier molecular flexibility index (Phi) is 6.14. The van der Waals surface area contributed by atoms with Crippen molar-refractivity contribution >= 4 is 41.2 Å². The second kappa shape index (κ2) is 8.74. The lowest BCUT2D eigenvalue weighted by Gasteiger charge is -2.09. The second-order valence-electron chi connectivity index (χ2n) is 5.90. The number of aliphatic carboxylic acids is 1. The summed E-state index contributed by atoms with van der Waals surface area (Å²) in [6.07, 6.45) is 1.33. The maximum Gasteiger partial charge on any atom is 0.352 e. The Hall–Kier alpha value is -3.08. The second-order valence-corrected chi connectivity index (χ2v) is 6.71. The number of amides is 1. The molecule has 0 fully saturated rings. The van der Waals surface area contributed by atoms with Gasteiger partial charge in [-0.25, -0.2) is 4.79 Å². The van der Waals surface area contributed by atoms with E-state index >= 15 is 0 Å². The van der Waals surface area contributed by atoms with Gasteiger partial charge >= 0.3 is 5.97 Å². The Morgan fingerprint density at radius 1 is 0.857 bits per heavy atom.